The Bertz CT molecular complexity index is 357. The Hall–Kier alpha value is -1.49. The molecule has 0 saturated heterocycles. The summed E-state index contributed by atoms with van der Waals surface area (Å²) in [6.07, 6.45) is 16.2. The summed E-state index contributed by atoms with van der Waals surface area (Å²) in [4.78, 5) is 10.3. The van der Waals surface area contributed by atoms with Crippen molar-refractivity contribution < 1.29 is 9.90 Å². The van der Waals surface area contributed by atoms with Crippen molar-refractivity contribution >= 4 is 5.97 Å². The monoisotopic (exact) mass is 290 g/mol. The Balaban J connectivity index is 3.44. The molecule has 0 saturated carbocycles. The van der Waals surface area contributed by atoms with E-state index in [0.29, 0.717) is 12.8 Å². The van der Waals surface area contributed by atoms with Gasteiger partial charge in [-0.25, -0.2) is 0 Å². The van der Waals surface area contributed by atoms with Gasteiger partial charge < -0.3 is 5.11 Å². The van der Waals surface area contributed by atoms with Crippen molar-refractivity contribution in [3.8, 4) is 11.8 Å². The van der Waals surface area contributed by atoms with Crippen molar-refractivity contribution in [2.45, 2.75) is 71.1 Å². The molecule has 0 aromatic carbocycles. The lowest BCUT2D eigenvalue weighted by Crippen LogP contribution is -1.94. The van der Waals surface area contributed by atoms with E-state index in [1.54, 1.807) is 0 Å². The maximum Gasteiger partial charge on any atom is 0.303 e. The van der Waals surface area contributed by atoms with E-state index >= 15 is 0 Å². The summed E-state index contributed by atoms with van der Waals surface area (Å²) in [5, 5.41) is 8.47. The molecular formula is C19H30O2. The molecule has 0 aromatic rings. The molecule has 0 unspecified atom stereocenters. The van der Waals surface area contributed by atoms with E-state index in [-0.39, 0.29) is 6.42 Å². The summed E-state index contributed by atoms with van der Waals surface area (Å²) >= 11 is 0. The number of hydrogen-bond donors (Lipinski definition) is 1. The van der Waals surface area contributed by atoms with Crippen molar-refractivity contribution in [1.29, 1.82) is 0 Å². The molecule has 0 bridgehead atoms. The zero-order chi connectivity index (χ0) is 15.8. The van der Waals surface area contributed by atoms with Crippen LogP contribution in [0.2, 0.25) is 0 Å². The highest BCUT2D eigenvalue weighted by Gasteiger charge is 2.00. The van der Waals surface area contributed by atoms with Crippen LogP contribution in [0.5, 0.6) is 0 Å². The van der Waals surface area contributed by atoms with Crippen LogP contribution in [0.1, 0.15) is 71.1 Å². The fraction of sp³-hybridized carbons (Fsp3) is 0.632. The number of unbranched alkanes of at least 4 members (excludes halogenated alkanes) is 4. The summed E-state index contributed by atoms with van der Waals surface area (Å²) in [5.41, 5.74) is 0. The smallest absolute Gasteiger partial charge is 0.303 e. The molecule has 0 aromatic heterocycles. The van der Waals surface area contributed by atoms with Crippen LogP contribution in [0.15, 0.2) is 24.8 Å². The van der Waals surface area contributed by atoms with Gasteiger partial charge in [0.2, 0.25) is 0 Å². The number of hydrogen-bond acceptors (Lipinski definition) is 1. The first-order valence-corrected chi connectivity index (χ1v) is 8.13. The van der Waals surface area contributed by atoms with Crippen molar-refractivity contribution in [3.63, 3.8) is 0 Å². The van der Waals surface area contributed by atoms with E-state index in [0.717, 1.165) is 18.8 Å². The lowest BCUT2D eigenvalue weighted by Gasteiger charge is -2.09. The minimum absolute atomic E-state index is 0.211. The average molecular weight is 290 g/mol. The van der Waals surface area contributed by atoms with E-state index in [9.17, 15) is 4.79 Å². The van der Waals surface area contributed by atoms with Crippen LogP contribution in [0.25, 0.3) is 0 Å². The second kappa shape index (κ2) is 14.9. The molecule has 118 valence electrons. The molecule has 0 aliphatic carbocycles. The SMILES string of the molecule is C=CCCCC[C@@H](C)CCC/C=C\C#CCCCC(=O)O. The van der Waals surface area contributed by atoms with Crippen LogP contribution >= 0.6 is 0 Å². The molecule has 21 heavy (non-hydrogen) atoms. The molecule has 0 radical (unpaired) electrons. The fourth-order valence-electron chi connectivity index (χ4n) is 2.11. The van der Waals surface area contributed by atoms with Crippen LogP contribution in [-0.2, 0) is 4.79 Å². The zero-order valence-electron chi connectivity index (χ0n) is 13.4. The number of allylic oxidation sites excluding steroid dienone is 3. The molecular weight excluding hydrogens is 260 g/mol. The van der Waals surface area contributed by atoms with E-state index in [1.807, 2.05) is 12.2 Å². The molecule has 1 atom stereocenters. The maximum atomic E-state index is 10.3. The van der Waals surface area contributed by atoms with Gasteiger partial charge >= 0.3 is 5.97 Å². The van der Waals surface area contributed by atoms with Gasteiger partial charge in [0, 0.05) is 12.8 Å². The van der Waals surface area contributed by atoms with Crippen molar-refractivity contribution in [2.75, 3.05) is 0 Å². The summed E-state index contributed by atoms with van der Waals surface area (Å²) in [6, 6.07) is 0. The van der Waals surface area contributed by atoms with Crippen LogP contribution in [0.4, 0.5) is 0 Å². The largest absolute Gasteiger partial charge is 0.481 e. The molecule has 1 N–H and O–H groups in total. The Morgan fingerprint density at radius 2 is 1.95 bits per heavy atom. The second-order valence-electron chi connectivity index (χ2n) is 5.58. The maximum absolute atomic E-state index is 10.3. The highest BCUT2D eigenvalue weighted by molar-refractivity contribution is 5.66. The van der Waals surface area contributed by atoms with Gasteiger partial charge in [-0.1, -0.05) is 50.2 Å². The van der Waals surface area contributed by atoms with Gasteiger partial charge in [-0.15, -0.1) is 6.58 Å². The molecule has 0 spiro atoms. The average Bonchev–Trinajstić information content (AvgIpc) is 2.45. The number of carboxylic acid groups (broad SMARTS) is 1. The van der Waals surface area contributed by atoms with E-state index < -0.39 is 5.97 Å². The van der Waals surface area contributed by atoms with Crippen LogP contribution in [0.3, 0.4) is 0 Å². The van der Waals surface area contributed by atoms with Crippen molar-refractivity contribution in [2.24, 2.45) is 5.92 Å². The Labute approximate surface area is 130 Å². The van der Waals surface area contributed by atoms with Gasteiger partial charge in [0.15, 0.2) is 0 Å². The van der Waals surface area contributed by atoms with E-state index in [1.165, 1.54) is 32.1 Å². The minimum Gasteiger partial charge on any atom is -0.481 e. The highest BCUT2D eigenvalue weighted by atomic mass is 16.4. The fourth-order valence-corrected chi connectivity index (χ4v) is 2.11. The van der Waals surface area contributed by atoms with Gasteiger partial charge in [-0.2, -0.15) is 0 Å². The normalized spacial score (nSPS) is 11.9. The minimum atomic E-state index is -0.744. The molecule has 0 amide bonds. The molecule has 0 heterocycles. The summed E-state index contributed by atoms with van der Waals surface area (Å²) in [7, 11) is 0. The first-order valence-electron chi connectivity index (χ1n) is 8.13. The lowest BCUT2D eigenvalue weighted by atomic mass is 9.97. The Morgan fingerprint density at radius 3 is 2.67 bits per heavy atom. The van der Waals surface area contributed by atoms with Crippen LogP contribution in [0, 0.1) is 17.8 Å². The summed E-state index contributed by atoms with van der Waals surface area (Å²) in [5.74, 6) is 6.00. The van der Waals surface area contributed by atoms with Gasteiger partial charge in [-0.05, 0) is 44.1 Å². The number of carbonyl (C=O) groups is 1. The lowest BCUT2D eigenvalue weighted by molar-refractivity contribution is -0.137. The van der Waals surface area contributed by atoms with E-state index in [2.05, 4.69) is 31.4 Å². The van der Waals surface area contributed by atoms with Gasteiger partial charge in [0.25, 0.3) is 0 Å². The zero-order valence-corrected chi connectivity index (χ0v) is 13.4. The van der Waals surface area contributed by atoms with E-state index in [4.69, 9.17) is 5.11 Å². The summed E-state index contributed by atoms with van der Waals surface area (Å²) < 4.78 is 0. The third-order valence-electron chi connectivity index (χ3n) is 3.42. The first-order chi connectivity index (χ1) is 10.2. The Kier molecular flexibility index (Phi) is 13.9. The molecule has 2 heteroatoms. The molecule has 0 aliphatic rings. The predicted molar refractivity (Wildman–Crippen MR) is 90.1 cm³/mol. The summed E-state index contributed by atoms with van der Waals surface area (Å²) in [6.45, 7) is 6.08. The molecule has 2 nitrogen and oxygen atoms in total. The van der Waals surface area contributed by atoms with Crippen molar-refractivity contribution in [1.82, 2.24) is 0 Å². The second-order valence-corrected chi connectivity index (χ2v) is 5.58. The van der Waals surface area contributed by atoms with Crippen LogP contribution in [-0.4, -0.2) is 11.1 Å². The number of carboxylic acids is 1. The molecule has 0 aliphatic heterocycles. The number of rotatable bonds is 12. The molecule has 0 rings (SSSR count). The number of aliphatic carboxylic acids is 1. The van der Waals surface area contributed by atoms with Crippen molar-refractivity contribution in [3.05, 3.63) is 24.8 Å². The topological polar surface area (TPSA) is 37.3 Å². The Morgan fingerprint density at radius 1 is 1.19 bits per heavy atom. The third kappa shape index (κ3) is 16.5. The van der Waals surface area contributed by atoms with Gasteiger partial charge in [0.1, 0.15) is 0 Å². The van der Waals surface area contributed by atoms with Crippen LogP contribution < -0.4 is 0 Å². The highest BCUT2D eigenvalue weighted by Crippen LogP contribution is 2.16. The molecule has 0 fully saturated rings. The first kappa shape index (κ1) is 19.5. The van der Waals surface area contributed by atoms with Gasteiger partial charge in [0.05, 0.1) is 0 Å². The van der Waals surface area contributed by atoms with Gasteiger partial charge in [-0.3, -0.25) is 4.79 Å². The third-order valence-corrected chi connectivity index (χ3v) is 3.42. The standard InChI is InChI=1S/C19H30O2/c1-3-4-5-12-15-18(2)16-13-10-8-6-7-9-11-14-17-19(20)21/h3,6,8,18H,1,4-5,10-17H2,2H3,(H,20,21)/b8-6-/t18-/m1/s1. The predicted octanol–water partition coefficient (Wildman–Crippen LogP) is 5.35. The quantitative estimate of drug-likeness (QED) is 0.299.